The van der Waals surface area contributed by atoms with Crippen LogP contribution in [0.25, 0.3) is 17.4 Å². The average molecular weight is 533 g/mol. The minimum Gasteiger partial charge on any atom is -0.457 e. The fourth-order valence-corrected chi connectivity index (χ4v) is 4.58. The van der Waals surface area contributed by atoms with E-state index in [1.807, 2.05) is 30.0 Å². The van der Waals surface area contributed by atoms with Crippen molar-refractivity contribution in [1.29, 1.82) is 0 Å². The van der Waals surface area contributed by atoms with Crippen LogP contribution in [-0.2, 0) is 9.59 Å². The predicted octanol–water partition coefficient (Wildman–Crippen LogP) is 6.62. The lowest BCUT2D eigenvalue weighted by Gasteiger charge is -2.36. The number of rotatable bonds is 6. The van der Waals surface area contributed by atoms with Crippen LogP contribution in [0.15, 0.2) is 59.0 Å². The number of hydrogen-bond acceptors (Lipinski definition) is 4. The summed E-state index contributed by atoms with van der Waals surface area (Å²) in [7, 11) is 0. The molecule has 0 radical (unpaired) electrons. The monoisotopic (exact) mass is 531 g/mol. The molecule has 0 aliphatic carbocycles. The number of anilines is 2. The summed E-state index contributed by atoms with van der Waals surface area (Å²) in [5, 5.41) is 4.20. The number of halogens is 3. The molecule has 0 atom stereocenters. The molecule has 1 saturated heterocycles. The Labute approximate surface area is 219 Å². The molecule has 0 bridgehead atoms. The quantitative estimate of drug-likeness (QED) is 0.363. The maximum Gasteiger partial charge on any atom is 0.248 e. The highest BCUT2D eigenvalue weighted by Gasteiger charge is 2.21. The Kier molecular flexibility index (Phi) is 8.06. The third kappa shape index (κ3) is 6.01. The van der Waals surface area contributed by atoms with E-state index in [0.717, 1.165) is 5.69 Å². The Morgan fingerprint density at radius 3 is 2.49 bits per heavy atom. The topological polar surface area (TPSA) is 65.8 Å². The number of nitrogens with zero attached hydrogens (tertiary/aromatic N) is 2. The van der Waals surface area contributed by atoms with Crippen molar-refractivity contribution in [2.45, 2.75) is 13.3 Å². The van der Waals surface area contributed by atoms with E-state index in [-0.39, 0.29) is 11.8 Å². The molecule has 1 N–H and O–H groups in total. The molecule has 1 fully saturated rings. The van der Waals surface area contributed by atoms with Crippen LogP contribution >= 0.6 is 34.8 Å². The van der Waals surface area contributed by atoms with E-state index in [1.54, 1.807) is 36.4 Å². The normalized spacial score (nSPS) is 13.9. The molecule has 0 unspecified atom stereocenters. The maximum absolute atomic E-state index is 12.4. The number of furan rings is 1. The van der Waals surface area contributed by atoms with E-state index < -0.39 is 0 Å². The summed E-state index contributed by atoms with van der Waals surface area (Å²) in [5.41, 5.74) is 2.14. The second-order valence-electron chi connectivity index (χ2n) is 8.01. The second-order valence-corrected chi connectivity index (χ2v) is 9.21. The van der Waals surface area contributed by atoms with Crippen LogP contribution in [-0.4, -0.2) is 42.9 Å². The molecule has 4 rings (SSSR count). The molecule has 35 heavy (non-hydrogen) atoms. The van der Waals surface area contributed by atoms with Gasteiger partial charge in [-0.15, -0.1) is 0 Å². The van der Waals surface area contributed by atoms with Gasteiger partial charge in [0.15, 0.2) is 0 Å². The van der Waals surface area contributed by atoms with Gasteiger partial charge in [-0.1, -0.05) is 47.8 Å². The molecule has 0 saturated carbocycles. The van der Waals surface area contributed by atoms with Crippen molar-refractivity contribution < 1.29 is 14.0 Å². The molecule has 9 heteroatoms. The van der Waals surface area contributed by atoms with Crippen molar-refractivity contribution in [2.75, 3.05) is 36.4 Å². The van der Waals surface area contributed by atoms with Crippen LogP contribution in [0.5, 0.6) is 0 Å². The zero-order valence-electron chi connectivity index (χ0n) is 19.1. The molecule has 1 aliphatic rings. The van der Waals surface area contributed by atoms with Gasteiger partial charge >= 0.3 is 0 Å². The molecule has 3 aromatic rings. The fraction of sp³-hybridized carbons (Fsp3) is 0.231. The Morgan fingerprint density at radius 2 is 1.77 bits per heavy atom. The van der Waals surface area contributed by atoms with Gasteiger partial charge in [-0.05, 0) is 48.5 Å². The van der Waals surface area contributed by atoms with Crippen molar-refractivity contribution in [2.24, 2.45) is 0 Å². The first-order chi connectivity index (χ1) is 16.9. The van der Waals surface area contributed by atoms with Crippen LogP contribution in [0.4, 0.5) is 11.4 Å². The first kappa shape index (κ1) is 25.2. The first-order valence-electron chi connectivity index (χ1n) is 11.2. The van der Waals surface area contributed by atoms with Gasteiger partial charge < -0.3 is 19.5 Å². The van der Waals surface area contributed by atoms with Crippen molar-refractivity contribution in [1.82, 2.24) is 4.90 Å². The highest BCUT2D eigenvalue weighted by molar-refractivity contribution is 6.43. The van der Waals surface area contributed by atoms with E-state index in [2.05, 4.69) is 10.2 Å². The summed E-state index contributed by atoms with van der Waals surface area (Å²) in [6.45, 7) is 4.64. The summed E-state index contributed by atoms with van der Waals surface area (Å²) in [6, 6.07) is 14.2. The first-order valence-corrected chi connectivity index (χ1v) is 12.3. The summed E-state index contributed by atoms with van der Waals surface area (Å²) in [4.78, 5) is 28.3. The highest BCUT2D eigenvalue weighted by atomic mass is 35.5. The number of carbonyl (C=O) groups excluding carboxylic acids is 2. The third-order valence-corrected chi connectivity index (χ3v) is 6.86. The molecule has 0 spiro atoms. The Morgan fingerprint density at radius 1 is 1.00 bits per heavy atom. The molecule has 1 aromatic heterocycles. The zero-order chi connectivity index (χ0) is 24.9. The van der Waals surface area contributed by atoms with Crippen molar-refractivity contribution >= 4 is 64.1 Å². The Balaban J connectivity index is 1.36. The zero-order valence-corrected chi connectivity index (χ0v) is 21.3. The van der Waals surface area contributed by atoms with Crippen LogP contribution < -0.4 is 10.2 Å². The van der Waals surface area contributed by atoms with E-state index in [1.165, 1.54) is 6.08 Å². The molecule has 6 nitrogen and oxygen atoms in total. The maximum atomic E-state index is 12.4. The van der Waals surface area contributed by atoms with Gasteiger partial charge in [0.2, 0.25) is 11.8 Å². The minimum atomic E-state index is -0.320. The van der Waals surface area contributed by atoms with Crippen LogP contribution in [0.3, 0.4) is 0 Å². The van der Waals surface area contributed by atoms with E-state index in [9.17, 15) is 9.59 Å². The molecule has 2 aromatic carbocycles. The molecular formula is C26H24Cl3N3O3. The number of nitrogens with one attached hydrogen (secondary N) is 1. The molecule has 182 valence electrons. The largest absolute Gasteiger partial charge is 0.457 e. The van der Waals surface area contributed by atoms with Crippen LogP contribution in [0.1, 0.15) is 19.1 Å². The lowest BCUT2D eigenvalue weighted by molar-refractivity contribution is -0.131. The van der Waals surface area contributed by atoms with Gasteiger partial charge in [0.05, 0.1) is 20.8 Å². The van der Waals surface area contributed by atoms with E-state index in [0.29, 0.717) is 70.4 Å². The third-order valence-electron chi connectivity index (χ3n) is 5.73. The van der Waals surface area contributed by atoms with Crippen molar-refractivity contribution in [3.05, 3.63) is 75.4 Å². The Bertz CT molecular complexity index is 1260. The average Bonchev–Trinajstić information content (AvgIpc) is 3.33. The smallest absolute Gasteiger partial charge is 0.248 e. The summed E-state index contributed by atoms with van der Waals surface area (Å²) in [6.07, 6.45) is 3.47. The lowest BCUT2D eigenvalue weighted by atomic mass is 10.2. The second kappa shape index (κ2) is 11.2. The summed E-state index contributed by atoms with van der Waals surface area (Å²) in [5.74, 6) is 0.903. The molecule has 2 heterocycles. The van der Waals surface area contributed by atoms with E-state index >= 15 is 0 Å². The molecular weight excluding hydrogens is 509 g/mol. The van der Waals surface area contributed by atoms with Crippen LogP contribution in [0.2, 0.25) is 15.1 Å². The van der Waals surface area contributed by atoms with Crippen LogP contribution in [0, 0.1) is 0 Å². The van der Waals surface area contributed by atoms with Crippen molar-refractivity contribution in [3.63, 3.8) is 0 Å². The van der Waals surface area contributed by atoms with Gasteiger partial charge in [0, 0.05) is 49.9 Å². The number of hydrogen-bond donors (Lipinski definition) is 1. The van der Waals surface area contributed by atoms with Crippen molar-refractivity contribution in [3.8, 4) is 11.3 Å². The number of benzene rings is 2. The van der Waals surface area contributed by atoms with Gasteiger partial charge in [0.25, 0.3) is 0 Å². The summed E-state index contributed by atoms with van der Waals surface area (Å²) >= 11 is 18.8. The van der Waals surface area contributed by atoms with Gasteiger partial charge in [-0.25, -0.2) is 0 Å². The van der Waals surface area contributed by atoms with E-state index in [4.69, 9.17) is 39.2 Å². The SMILES string of the molecule is CCC(=O)N1CCN(c2ccc(NC(=O)/C=C/c3ccc(-c4cccc(Cl)c4Cl)o3)cc2Cl)CC1. The standard InChI is InChI=1S/C26H24Cl3N3O3/c1-2-25(34)32-14-12-31(13-15-32)22-9-6-17(16-21(22)28)30-24(33)11-8-18-7-10-23(35-18)19-4-3-5-20(27)26(19)29/h3-11,16H,2,12-15H2,1H3,(H,30,33)/b11-8+. The minimum absolute atomic E-state index is 0.167. The van der Waals surface area contributed by atoms with Gasteiger partial charge in [-0.2, -0.15) is 0 Å². The number of amides is 2. The lowest BCUT2D eigenvalue weighted by Crippen LogP contribution is -2.48. The molecule has 2 amide bonds. The number of piperazine rings is 1. The summed E-state index contributed by atoms with van der Waals surface area (Å²) < 4.78 is 5.78. The number of carbonyl (C=O) groups is 2. The highest BCUT2D eigenvalue weighted by Crippen LogP contribution is 2.34. The predicted molar refractivity (Wildman–Crippen MR) is 142 cm³/mol. The van der Waals surface area contributed by atoms with Gasteiger partial charge in [0.1, 0.15) is 11.5 Å². The van der Waals surface area contributed by atoms with Gasteiger partial charge in [-0.3, -0.25) is 9.59 Å². The Hall–Kier alpha value is -2.93. The molecule has 1 aliphatic heterocycles. The fourth-order valence-electron chi connectivity index (χ4n) is 3.88.